The lowest BCUT2D eigenvalue weighted by Gasteiger charge is -2.26. The molecule has 1 saturated heterocycles. The summed E-state index contributed by atoms with van der Waals surface area (Å²) in [5, 5.41) is 7.04. The predicted molar refractivity (Wildman–Crippen MR) is 160 cm³/mol. The third-order valence-corrected chi connectivity index (χ3v) is 8.00. The summed E-state index contributed by atoms with van der Waals surface area (Å²) in [6, 6.07) is 13.1. The highest BCUT2D eigenvalue weighted by molar-refractivity contribution is 7.99. The number of hydrogen-bond donors (Lipinski definition) is 3. The number of rotatable bonds is 9. The van der Waals surface area contributed by atoms with Crippen LogP contribution < -0.4 is 20.9 Å². The molecule has 13 heteroatoms. The molecule has 39 heavy (non-hydrogen) atoms. The second-order valence-electron chi connectivity index (χ2n) is 8.46. The number of nitrogens with one attached hydrogen (secondary N) is 3. The number of amides is 1. The Bertz CT molecular complexity index is 1440. The second kappa shape index (κ2) is 14.3. The number of fused-ring (bicyclic) bond motifs is 1. The number of halogens is 1. The maximum atomic E-state index is 13.1. The molecule has 0 atom stereocenters. The third-order valence-electron chi connectivity index (χ3n) is 5.92. The largest absolute Gasteiger partial charge is 0.387 e. The Balaban J connectivity index is 0.000000298. The lowest BCUT2D eigenvalue weighted by atomic mass is 10.2. The number of carbonyl (C=O) groups is 1. The van der Waals surface area contributed by atoms with Crippen molar-refractivity contribution in [1.29, 1.82) is 0 Å². The van der Waals surface area contributed by atoms with Gasteiger partial charge in [0, 0.05) is 38.9 Å². The molecule has 4 aromatic rings. The molecule has 0 radical (unpaired) electrons. The van der Waals surface area contributed by atoms with Gasteiger partial charge in [-0.15, -0.1) is 11.3 Å². The number of morpholine rings is 1. The van der Waals surface area contributed by atoms with E-state index in [0.29, 0.717) is 29.0 Å². The Labute approximate surface area is 239 Å². The molecule has 3 aromatic heterocycles. The van der Waals surface area contributed by atoms with E-state index in [9.17, 15) is 9.59 Å². The monoisotopic (exact) mass is 587 g/mol. The van der Waals surface area contributed by atoms with Crippen molar-refractivity contribution in [2.24, 2.45) is 0 Å². The van der Waals surface area contributed by atoms with Gasteiger partial charge in [-0.05, 0) is 61.3 Å². The van der Waals surface area contributed by atoms with Gasteiger partial charge in [0.2, 0.25) is 6.41 Å². The molecule has 0 aliphatic carbocycles. The molecule has 1 aromatic carbocycles. The molecular weight excluding hydrogens is 558 g/mol. The van der Waals surface area contributed by atoms with Gasteiger partial charge in [-0.25, -0.2) is 14.5 Å². The van der Waals surface area contributed by atoms with Crippen molar-refractivity contribution in [1.82, 2.24) is 24.2 Å². The van der Waals surface area contributed by atoms with Gasteiger partial charge in [0.1, 0.15) is 11.6 Å². The van der Waals surface area contributed by atoms with Crippen LogP contribution in [0.2, 0.25) is 4.34 Å². The minimum Gasteiger partial charge on any atom is -0.387 e. The number of benzene rings is 1. The second-order valence-corrected chi connectivity index (χ2v) is 11.3. The highest BCUT2D eigenvalue weighted by Crippen LogP contribution is 2.28. The van der Waals surface area contributed by atoms with Gasteiger partial charge in [0.25, 0.3) is 5.56 Å². The molecule has 1 aliphatic heterocycles. The van der Waals surface area contributed by atoms with Gasteiger partial charge in [0.15, 0.2) is 0 Å². The molecule has 1 aliphatic rings. The van der Waals surface area contributed by atoms with Crippen molar-refractivity contribution in [2.75, 3.05) is 57.1 Å². The fourth-order valence-electron chi connectivity index (χ4n) is 3.96. The number of carbonyl (C=O) groups excluding carboxylic acids is 1. The summed E-state index contributed by atoms with van der Waals surface area (Å²) in [7, 11) is 1.83. The first kappa shape index (κ1) is 28.8. The van der Waals surface area contributed by atoms with Crippen LogP contribution in [0.1, 0.15) is 5.82 Å². The van der Waals surface area contributed by atoms with Gasteiger partial charge in [-0.1, -0.05) is 11.6 Å². The van der Waals surface area contributed by atoms with Gasteiger partial charge in [-0.2, -0.15) is 0 Å². The smallest absolute Gasteiger partial charge is 0.267 e. The standard InChI is InChI=1S/C21H26N6O2.C5H4ClNOS2/c1-15-25-19-13-16(23-7-8-26-9-11-29-12-10-26)3-5-18(19)21(28)27(15)20-6-4-17(22-2)14-24-20;6-4-1-2-5(9-4)10-7-3-8/h3-6,13-14,22-23H,7-12H2,1-2H3;1-3H,(H,7,8). The van der Waals surface area contributed by atoms with Crippen molar-refractivity contribution in [3.8, 4) is 5.82 Å². The number of thiophene rings is 1. The zero-order valence-electron chi connectivity index (χ0n) is 21.6. The molecule has 1 fully saturated rings. The molecule has 0 unspecified atom stereocenters. The summed E-state index contributed by atoms with van der Waals surface area (Å²) in [4.78, 5) is 34.3. The Morgan fingerprint density at radius 2 is 1.95 bits per heavy atom. The molecule has 0 saturated carbocycles. The van der Waals surface area contributed by atoms with E-state index in [1.54, 1.807) is 16.8 Å². The van der Waals surface area contributed by atoms with E-state index in [-0.39, 0.29) is 5.56 Å². The lowest BCUT2D eigenvalue weighted by Crippen LogP contribution is -2.39. The van der Waals surface area contributed by atoms with Crippen molar-refractivity contribution in [3.63, 3.8) is 0 Å². The summed E-state index contributed by atoms with van der Waals surface area (Å²) in [6.45, 7) is 7.18. The quantitative estimate of drug-likeness (QED) is 0.197. The molecule has 3 N–H and O–H groups in total. The molecule has 206 valence electrons. The summed E-state index contributed by atoms with van der Waals surface area (Å²) in [5.41, 5.74) is 2.43. The van der Waals surface area contributed by atoms with Gasteiger partial charge >= 0.3 is 0 Å². The number of aryl methyl sites for hydroxylation is 1. The Hall–Kier alpha value is -3.16. The fraction of sp³-hybridized carbons (Fsp3) is 0.308. The van der Waals surface area contributed by atoms with Crippen LogP contribution in [0.15, 0.2) is 57.7 Å². The van der Waals surface area contributed by atoms with Crippen molar-refractivity contribution >= 4 is 63.6 Å². The normalized spacial score (nSPS) is 13.4. The number of ether oxygens (including phenoxy) is 1. The van der Waals surface area contributed by atoms with Gasteiger partial charge in [0.05, 0.1) is 44.5 Å². The van der Waals surface area contributed by atoms with E-state index in [0.717, 1.165) is 59.3 Å². The number of anilines is 2. The molecule has 10 nitrogen and oxygen atoms in total. The van der Waals surface area contributed by atoms with Crippen LogP contribution in [0, 0.1) is 6.92 Å². The molecule has 5 rings (SSSR count). The first-order chi connectivity index (χ1) is 19.0. The van der Waals surface area contributed by atoms with Crippen LogP contribution in [0.4, 0.5) is 11.4 Å². The van der Waals surface area contributed by atoms with Crippen molar-refractivity contribution in [2.45, 2.75) is 11.1 Å². The van der Waals surface area contributed by atoms with E-state index in [1.165, 1.54) is 23.3 Å². The lowest BCUT2D eigenvalue weighted by molar-refractivity contribution is -0.107. The SMILES string of the molecule is CNc1ccc(-n2c(C)nc3cc(NCCN4CCOCC4)ccc3c2=O)nc1.O=CNSc1ccc(Cl)s1. The molecular formula is C26H30ClN7O3S2. The van der Waals surface area contributed by atoms with E-state index in [4.69, 9.17) is 16.3 Å². The van der Waals surface area contributed by atoms with Crippen molar-refractivity contribution < 1.29 is 9.53 Å². The molecule has 0 bridgehead atoms. The van der Waals surface area contributed by atoms with Crippen LogP contribution in [0.3, 0.4) is 0 Å². The molecule has 0 spiro atoms. The average molecular weight is 588 g/mol. The zero-order chi connectivity index (χ0) is 27.6. The maximum absolute atomic E-state index is 13.1. The first-order valence-electron chi connectivity index (χ1n) is 12.3. The number of pyridine rings is 1. The Morgan fingerprint density at radius 3 is 2.62 bits per heavy atom. The van der Waals surface area contributed by atoms with Crippen LogP contribution >= 0.6 is 34.9 Å². The van der Waals surface area contributed by atoms with E-state index < -0.39 is 0 Å². The molecule has 1 amide bonds. The highest BCUT2D eigenvalue weighted by atomic mass is 35.5. The summed E-state index contributed by atoms with van der Waals surface area (Å²) >= 11 is 8.32. The number of nitrogens with zero attached hydrogens (tertiary/aromatic N) is 4. The van der Waals surface area contributed by atoms with E-state index >= 15 is 0 Å². The highest BCUT2D eigenvalue weighted by Gasteiger charge is 2.12. The van der Waals surface area contributed by atoms with Crippen LogP contribution in [0.25, 0.3) is 16.7 Å². The molecule has 4 heterocycles. The predicted octanol–water partition coefficient (Wildman–Crippen LogP) is 4.03. The first-order valence-corrected chi connectivity index (χ1v) is 14.3. The summed E-state index contributed by atoms with van der Waals surface area (Å²) < 4.78 is 11.1. The minimum atomic E-state index is -0.114. The Kier molecular flexibility index (Phi) is 10.6. The zero-order valence-corrected chi connectivity index (χ0v) is 24.0. The third kappa shape index (κ3) is 7.93. The van der Waals surface area contributed by atoms with Gasteiger partial charge in [-0.3, -0.25) is 19.2 Å². The summed E-state index contributed by atoms with van der Waals surface area (Å²) in [5.74, 6) is 1.17. The van der Waals surface area contributed by atoms with Crippen LogP contribution in [-0.4, -0.2) is 72.3 Å². The van der Waals surface area contributed by atoms with Gasteiger partial charge < -0.3 is 15.4 Å². The Morgan fingerprint density at radius 1 is 1.15 bits per heavy atom. The van der Waals surface area contributed by atoms with Crippen LogP contribution in [-0.2, 0) is 9.53 Å². The maximum Gasteiger partial charge on any atom is 0.267 e. The average Bonchev–Trinajstić information content (AvgIpc) is 3.38. The van der Waals surface area contributed by atoms with E-state index in [1.807, 2.05) is 50.4 Å². The number of hydrogen-bond acceptors (Lipinski definition) is 10. The van der Waals surface area contributed by atoms with Crippen LogP contribution in [0.5, 0.6) is 0 Å². The fourth-order valence-corrected chi connectivity index (χ4v) is 5.76. The van der Waals surface area contributed by atoms with E-state index in [2.05, 4.69) is 30.2 Å². The minimum absolute atomic E-state index is 0.114. The topological polar surface area (TPSA) is 113 Å². The van der Waals surface area contributed by atoms with Crippen molar-refractivity contribution in [3.05, 3.63) is 69.2 Å². The summed E-state index contributed by atoms with van der Waals surface area (Å²) in [6.07, 6.45) is 2.34. The number of aromatic nitrogens is 3.